The first-order valence-corrected chi connectivity index (χ1v) is 6.59. The van der Waals surface area contributed by atoms with Gasteiger partial charge in [0.2, 0.25) is 0 Å². The standard InChI is InChI=1S/C13H23NO2/c1-16-12(15)13(8-3-2-4-9-13)10-14-11-6-5-7-11/h11,14H,2-10H2,1H3. The van der Waals surface area contributed by atoms with Crippen LogP contribution in [0.3, 0.4) is 0 Å². The Labute approximate surface area is 97.9 Å². The van der Waals surface area contributed by atoms with Gasteiger partial charge >= 0.3 is 5.97 Å². The lowest BCUT2D eigenvalue weighted by Crippen LogP contribution is -2.47. The van der Waals surface area contributed by atoms with Crippen LogP contribution in [0, 0.1) is 5.41 Å². The first-order chi connectivity index (χ1) is 7.77. The molecule has 3 nitrogen and oxygen atoms in total. The van der Waals surface area contributed by atoms with Gasteiger partial charge in [-0.05, 0) is 25.7 Å². The van der Waals surface area contributed by atoms with E-state index in [1.165, 1.54) is 45.6 Å². The number of carbonyl (C=O) groups is 1. The minimum atomic E-state index is -0.220. The fourth-order valence-corrected chi connectivity index (χ4v) is 2.85. The lowest BCUT2D eigenvalue weighted by molar-refractivity contribution is -0.154. The Hall–Kier alpha value is -0.570. The maximum atomic E-state index is 11.9. The highest BCUT2D eigenvalue weighted by molar-refractivity contribution is 5.77. The van der Waals surface area contributed by atoms with E-state index in [4.69, 9.17) is 4.74 Å². The Kier molecular flexibility index (Phi) is 3.85. The van der Waals surface area contributed by atoms with E-state index in [1.54, 1.807) is 0 Å². The van der Waals surface area contributed by atoms with Crippen molar-refractivity contribution in [2.45, 2.75) is 57.4 Å². The molecule has 2 fully saturated rings. The van der Waals surface area contributed by atoms with E-state index < -0.39 is 0 Å². The summed E-state index contributed by atoms with van der Waals surface area (Å²) in [6.45, 7) is 0.824. The summed E-state index contributed by atoms with van der Waals surface area (Å²) in [5, 5.41) is 3.54. The average molecular weight is 225 g/mol. The molecule has 1 N–H and O–H groups in total. The third kappa shape index (κ3) is 2.40. The molecule has 0 heterocycles. The largest absolute Gasteiger partial charge is 0.469 e. The second kappa shape index (κ2) is 5.17. The van der Waals surface area contributed by atoms with Gasteiger partial charge in [-0.3, -0.25) is 4.79 Å². The van der Waals surface area contributed by atoms with Gasteiger partial charge in [0.15, 0.2) is 0 Å². The Morgan fingerprint density at radius 2 is 1.94 bits per heavy atom. The predicted molar refractivity (Wildman–Crippen MR) is 63.2 cm³/mol. The summed E-state index contributed by atoms with van der Waals surface area (Å²) < 4.78 is 5.00. The van der Waals surface area contributed by atoms with Gasteiger partial charge in [0.1, 0.15) is 0 Å². The van der Waals surface area contributed by atoms with E-state index in [1.807, 2.05) is 0 Å². The zero-order valence-electron chi connectivity index (χ0n) is 10.3. The van der Waals surface area contributed by atoms with E-state index in [2.05, 4.69) is 5.32 Å². The van der Waals surface area contributed by atoms with Crippen molar-refractivity contribution in [3.05, 3.63) is 0 Å². The first-order valence-electron chi connectivity index (χ1n) is 6.59. The van der Waals surface area contributed by atoms with Gasteiger partial charge in [-0.1, -0.05) is 25.7 Å². The van der Waals surface area contributed by atoms with Crippen LogP contribution in [0.1, 0.15) is 51.4 Å². The Balaban J connectivity index is 1.92. The molecule has 2 aliphatic carbocycles. The van der Waals surface area contributed by atoms with Crippen molar-refractivity contribution in [2.24, 2.45) is 5.41 Å². The molecule has 2 saturated carbocycles. The number of hydrogen-bond donors (Lipinski definition) is 1. The van der Waals surface area contributed by atoms with Crippen molar-refractivity contribution in [3.63, 3.8) is 0 Å². The highest BCUT2D eigenvalue weighted by Crippen LogP contribution is 2.37. The predicted octanol–water partition coefficient (Wildman–Crippen LogP) is 2.25. The van der Waals surface area contributed by atoms with Crippen LogP contribution in [0.25, 0.3) is 0 Å². The zero-order valence-corrected chi connectivity index (χ0v) is 10.3. The fraction of sp³-hybridized carbons (Fsp3) is 0.923. The van der Waals surface area contributed by atoms with Crippen LogP contribution >= 0.6 is 0 Å². The summed E-state index contributed by atoms with van der Waals surface area (Å²) in [4.78, 5) is 11.9. The highest BCUT2D eigenvalue weighted by Gasteiger charge is 2.40. The zero-order chi connectivity index (χ0) is 11.4. The van der Waals surface area contributed by atoms with Crippen LogP contribution in [0.15, 0.2) is 0 Å². The van der Waals surface area contributed by atoms with Crippen molar-refractivity contribution in [3.8, 4) is 0 Å². The molecule has 3 heteroatoms. The monoisotopic (exact) mass is 225 g/mol. The van der Waals surface area contributed by atoms with Crippen LogP contribution in [0.4, 0.5) is 0 Å². The van der Waals surface area contributed by atoms with E-state index in [0.29, 0.717) is 6.04 Å². The minimum Gasteiger partial charge on any atom is -0.469 e. The molecular weight excluding hydrogens is 202 g/mol. The second-order valence-corrected chi connectivity index (χ2v) is 5.34. The molecule has 16 heavy (non-hydrogen) atoms. The molecule has 0 atom stereocenters. The SMILES string of the molecule is COC(=O)C1(CNC2CCC2)CCCCC1. The molecule has 0 radical (unpaired) electrons. The number of nitrogens with one attached hydrogen (secondary N) is 1. The number of methoxy groups -OCH3 is 1. The Morgan fingerprint density at radius 1 is 1.25 bits per heavy atom. The molecular formula is C13H23NO2. The summed E-state index contributed by atoms with van der Waals surface area (Å²) in [7, 11) is 1.52. The van der Waals surface area contributed by atoms with Crippen LogP contribution in [-0.2, 0) is 9.53 Å². The Bertz CT molecular complexity index is 242. The minimum absolute atomic E-state index is 0.000904. The van der Waals surface area contributed by atoms with Crippen molar-refractivity contribution in [1.82, 2.24) is 5.32 Å². The Morgan fingerprint density at radius 3 is 2.44 bits per heavy atom. The maximum absolute atomic E-state index is 11.9. The second-order valence-electron chi connectivity index (χ2n) is 5.34. The van der Waals surface area contributed by atoms with Crippen LogP contribution in [0.5, 0.6) is 0 Å². The molecule has 0 amide bonds. The van der Waals surface area contributed by atoms with E-state index in [9.17, 15) is 4.79 Å². The molecule has 0 aromatic heterocycles. The lowest BCUT2D eigenvalue weighted by atomic mass is 9.73. The summed E-state index contributed by atoms with van der Waals surface area (Å²) in [6, 6.07) is 0.656. The average Bonchev–Trinajstić information content (AvgIpc) is 2.27. The fourth-order valence-electron chi connectivity index (χ4n) is 2.85. The summed E-state index contributed by atoms with van der Waals surface area (Å²) in [5.41, 5.74) is -0.220. The highest BCUT2D eigenvalue weighted by atomic mass is 16.5. The van der Waals surface area contributed by atoms with Crippen LogP contribution < -0.4 is 5.32 Å². The normalized spacial score (nSPS) is 24.8. The molecule has 0 aromatic carbocycles. The van der Waals surface area contributed by atoms with E-state index in [0.717, 1.165) is 19.4 Å². The summed E-state index contributed by atoms with van der Waals surface area (Å²) in [6.07, 6.45) is 9.49. The number of ether oxygens (including phenoxy) is 1. The third-order valence-corrected chi connectivity index (χ3v) is 4.26. The van der Waals surface area contributed by atoms with Crippen molar-refractivity contribution < 1.29 is 9.53 Å². The maximum Gasteiger partial charge on any atom is 0.313 e. The van der Waals surface area contributed by atoms with Gasteiger partial charge in [-0.2, -0.15) is 0 Å². The molecule has 2 rings (SSSR count). The summed E-state index contributed by atoms with van der Waals surface area (Å²) >= 11 is 0. The number of hydrogen-bond acceptors (Lipinski definition) is 3. The van der Waals surface area contributed by atoms with Gasteiger partial charge in [-0.25, -0.2) is 0 Å². The molecule has 0 saturated heterocycles. The molecule has 0 spiro atoms. The van der Waals surface area contributed by atoms with Gasteiger partial charge < -0.3 is 10.1 Å². The molecule has 0 aliphatic heterocycles. The van der Waals surface area contributed by atoms with E-state index >= 15 is 0 Å². The molecule has 2 aliphatic rings. The topological polar surface area (TPSA) is 38.3 Å². The van der Waals surface area contributed by atoms with Gasteiger partial charge in [0.25, 0.3) is 0 Å². The van der Waals surface area contributed by atoms with Gasteiger partial charge in [0.05, 0.1) is 12.5 Å². The quantitative estimate of drug-likeness (QED) is 0.746. The molecule has 92 valence electrons. The molecule has 0 aromatic rings. The lowest BCUT2D eigenvalue weighted by Gasteiger charge is -2.37. The number of carbonyl (C=O) groups excluding carboxylic acids is 1. The smallest absolute Gasteiger partial charge is 0.313 e. The van der Waals surface area contributed by atoms with Gasteiger partial charge in [0, 0.05) is 12.6 Å². The van der Waals surface area contributed by atoms with Crippen LogP contribution in [0.2, 0.25) is 0 Å². The molecule has 0 unspecified atom stereocenters. The van der Waals surface area contributed by atoms with Gasteiger partial charge in [-0.15, -0.1) is 0 Å². The first kappa shape index (κ1) is 11.9. The summed E-state index contributed by atoms with van der Waals surface area (Å²) in [5.74, 6) is -0.000904. The van der Waals surface area contributed by atoms with E-state index in [-0.39, 0.29) is 11.4 Å². The molecule has 0 bridgehead atoms. The van der Waals surface area contributed by atoms with Crippen LogP contribution in [-0.4, -0.2) is 25.7 Å². The number of rotatable bonds is 4. The van der Waals surface area contributed by atoms with Crippen molar-refractivity contribution in [2.75, 3.05) is 13.7 Å². The van der Waals surface area contributed by atoms with Crippen molar-refractivity contribution in [1.29, 1.82) is 0 Å². The number of esters is 1. The van der Waals surface area contributed by atoms with Crippen molar-refractivity contribution >= 4 is 5.97 Å². The third-order valence-electron chi connectivity index (χ3n) is 4.26.